The Kier molecular flexibility index (Phi) is 5.26. The molecular weight excluding hydrogens is 347 g/mol. The van der Waals surface area contributed by atoms with Crippen LogP contribution in [0.5, 0.6) is 0 Å². The van der Waals surface area contributed by atoms with Gasteiger partial charge in [-0.3, -0.25) is 4.90 Å². The number of anilines is 2. The van der Waals surface area contributed by atoms with Crippen molar-refractivity contribution < 1.29 is 35.5 Å². The molecule has 0 saturated heterocycles. The average Bonchev–Trinajstić information content (AvgIpc) is 2.43. The molecule has 0 atom stereocenters. The SMILES string of the molecule is CCNC(=O)N(C)c1ccc(C(F)(C(F)(F)F)C(F)(F)F)cc1N. The molecule has 3 N–H and O–H groups in total. The topological polar surface area (TPSA) is 58.4 Å². The fraction of sp³-hybridized carbons (Fsp3) is 0.462. The number of hydrogen-bond donors (Lipinski definition) is 2. The van der Waals surface area contributed by atoms with Gasteiger partial charge >= 0.3 is 24.1 Å². The molecule has 0 heterocycles. The molecule has 136 valence electrons. The third-order valence-electron chi connectivity index (χ3n) is 3.20. The van der Waals surface area contributed by atoms with E-state index in [0.717, 1.165) is 4.90 Å². The summed E-state index contributed by atoms with van der Waals surface area (Å²) in [7, 11) is 1.20. The number of nitrogens with two attached hydrogens (primary N) is 1. The predicted molar refractivity (Wildman–Crippen MR) is 73.2 cm³/mol. The molecule has 0 spiro atoms. The second kappa shape index (κ2) is 6.36. The minimum Gasteiger partial charge on any atom is -0.397 e. The Morgan fingerprint density at radius 2 is 1.62 bits per heavy atom. The van der Waals surface area contributed by atoms with Crippen molar-refractivity contribution in [3.8, 4) is 0 Å². The van der Waals surface area contributed by atoms with E-state index >= 15 is 0 Å². The number of amides is 2. The van der Waals surface area contributed by atoms with Crippen LogP contribution in [0.15, 0.2) is 18.2 Å². The van der Waals surface area contributed by atoms with Gasteiger partial charge in [0, 0.05) is 19.2 Å². The molecule has 24 heavy (non-hydrogen) atoms. The molecule has 0 unspecified atom stereocenters. The Hall–Kier alpha value is -2.20. The number of hydrogen-bond acceptors (Lipinski definition) is 2. The molecule has 2 amide bonds. The minimum atomic E-state index is -6.23. The van der Waals surface area contributed by atoms with Crippen LogP contribution in [0.3, 0.4) is 0 Å². The predicted octanol–water partition coefficient (Wildman–Crippen LogP) is 3.72. The number of halogens is 7. The van der Waals surface area contributed by atoms with Crippen molar-refractivity contribution in [3.63, 3.8) is 0 Å². The molecule has 0 bridgehead atoms. The van der Waals surface area contributed by atoms with Crippen LogP contribution in [0.1, 0.15) is 12.5 Å². The first-order chi connectivity index (χ1) is 10.8. The van der Waals surface area contributed by atoms with Gasteiger partial charge in [0.2, 0.25) is 0 Å². The maximum atomic E-state index is 13.9. The minimum absolute atomic E-state index is 0.170. The highest BCUT2D eigenvalue weighted by Gasteiger charge is 2.73. The van der Waals surface area contributed by atoms with Crippen molar-refractivity contribution >= 4 is 17.4 Å². The van der Waals surface area contributed by atoms with Crippen molar-refractivity contribution in [2.75, 3.05) is 24.2 Å². The highest BCUT2D eigenvalue weighted by Crippen LogP contribution is 2.53. The largest absolute Gasteiger partial charge is 0.435 e. The Bertz CT molecular complexity index is 599. The number of carbonyl (C=O) groups excluding carboxylic acids is 1. The van der Waals surface area contributed by atoms with E-state index in [1.807, 2.05) is 0 Å². The first-order valence-electron chi connectivity index (χ1n) is 6.51. The van der Waals surface area contributed by atoms with Gasteiger partial charge in [0.1, 0.15) is 0 Å². The molecule has 1 rings (SSSR count). The molecule has 4 nitrogen and oxygen atoms in total. The molecule has 0 aliphatic carbocycles. The lowest BCUT2D eigenvalue weighted by Gasteiger charge is -2.31. The van der Waals surface area contributed by atoms with Crippen LogP contribution in [-0.4, -0.2) is 32.0 Å². The van der Waals surface area contributed by atoms with Crippen molar-refractivity contribution in [2.45, 2.75) is 24.9 Å². The fourth-order valence-corrected chi connectivity index (χ4v) is 1.94. The van der Waals surface area contributed by atoms with Crippen LogP contribution >= 0.6 is 0 Å². The number of carbonyl (C=O) groups is 1. The zero-order valence-corrected chi connectivity index (χ0v) is 12.5. The van der Waals surface area contributed by atoms with Gasteiger partial charge in [-0.2, -0.15) is 26.3 Å². The number of rotatable bonds is 3. The molecule has 0 fully saturated rings. The van der Waals surface area contributed by atoms with Crippen LogP contribution in [0.4, 0.5) is 46.9 Å². The van der Waals surface area contributed by atoms with E-state index in [1.54, 1.807) is 6.92 Å². The molecule has 0 aliphatic rings. The van der Waals surface area contributed by atoms with Gasteiger partial charge in [-0.15, -0.1) is 0 Å². The third-order valence-corrected chi connectivity index (χ3v) is 3.20. The van der Waals surface area contributed by atoms with E-state index in [9.17, 15) is 35.5 Å². The maximum absolute atomic E-state index is 13.9. The summed E-state index contributed by atoms with van der Waals surface area (Å²) in [5, 5.41) is 2.36. The Balaban J connectivity index is 3.39. The number of alkyl halides is 7. The average molecular weight is 361 g/mol. The first kappa shape index (κ1) is 19.8. The molecule has 11 heteroatoms. The third kappa shape index (κ3) is 3.34. The maximum Gasteiger partial charge on any atom is 0.435 e. The van der Waals surface area contributed by atoms with E-state index in [2.05, 4.69) is 5.32 Å². The van der Waals surface area contributed by atoms with Gasteiger partial charge < -0.3 is 11.1 Å². The highest BCUT2D eigenvalue weighted by atomic mass is 19.4. The molecule has 0 aromatic heterocycles. The second-order valence-electron chi connectivity index (χ2n) is 4.82. The Morgan fingerprint density at radius 3 is 2.00 bits per heavy atom. The number of urea groups is 1. The van der Waals surface area contributed by atoms with Crippen LogP contribution in [0.25, 0.3) is 0 Å². The van der Waals surface area contributed by atoms with E-state index < -0.39 is 35.3 Å². The normalized spacial score (nSPS) is 12.9. The summed E-state index contributed by atoms with van der Waals surface area (Å²) in [4.78, 5) is 12.5. The second-order valence-corrected chi connectivity index (χ2v) is 4.82. The van der Waals surface area contributed by atoms with Gasteiger partial charge in [-0.05, 0) is 19.1 Å². The summed E-state index contributed by atoms with van der Waals surface area (Å²) in [5.41, 5.74) is -2.65. The van der Waals surface area contributed by atoms with Crippen LogP contribution < -0.4 is 16.0 Å². The standard InChI is InChI=1S/C13H14F7N3O/c1-3-22-10(24)23(2)9-5-4-7(6-8(9)21)11(14,12(15,16)17)13(18,19)20/h4-6H,3,21H2,1-2H3,(H,22,24). The van der Waals surface area contributed by atoms with Crippen LogP contribution in [0, 0.1) is 0 Å². The smallest absolute Gasteiger partial charge is 0.397 e. The summed E-state index contributed by atoms with van der Waals surface area (Å²) in [6, 6.07) is 0.537. The summed E-state index contributed by atoms with van der Waals surface area (Å²) in [6.07, 6.45) is -12.5. The quantitative estimate of drug-likeness (QED) is 0.637. The van der Waals surface area contributed by atoms with Crippen LogP contribution in [-0.2, 0) is 5.67 Å². The van der Waals surface area contributed by atoms with Gasteiger partial charge in [-0.1, -0.05) is 6.07 Å². The zero-order valence-electron chi connectivity index (χ0n) is 12.5. The van der Waals surface area contributed by atoms with Crippen molar-refractivity contribution in [1.29, 1.82) is 0 Å². The van der Waals surface area contributed by atoms with Crippen molar-refractivity contribution in [3.05, 3.63) is 23.8 Å². The number of nitrogens with one attached hydrogen (secondary N) is 1. The summed E-state index contributed by atoms with van der Waals surface area (Å²) >= 11 is 0. The lowest BCUT2D eigenvalue weighted by atomic mass is 9.93. The highest BCUT2D eigenvalue weighted by molar-refractivity contribution is 5.94. The van der Waals surface area contributed by atoms with Gasteiger partial charge in [-0.25, -0.2) is 9.18 Å². The van der Waals surface area contributed by atoms with Gasteiger partial charge in [0.15, 0.2) is 0 Å². The number of nitrogen functional groups attached to an aromatic ring is 1. The fourth-order valence-electron chi connectivity index (χ4n) is 1.94. The molecular formula is C13H14F7N3O. The number of benzene rings is 1. The molecule has 0 aliphatic heterocycles. The molecule has 1 aromatic rings. The molecule has 0 saturated carbocycles. The molecule has 1 aromatic carbocycles. The summed E-state index contributed by atoms with van der Waals surface area (Å²) in [5.74, 6) is 0. The monoisotopic (exact) mass is 361 g/mol. The van der Waals surface area contributed by atoms with Crippen LogP contribution in [0.2, 0.25) is 0 Å². The van der Waals surface area contributed by atoms with E-state index in [-0.39, 0.29) is 18.3 Å². The first-order valence-corrected chi connectivity index (χ1v) is 6.51. The van der Waals surface area contributed by atoms with Gasteiger partial charge in [0.05, 0.1) is 11.4 Å². The Morgan fingerprint density at radius 1 is 1.12 bits per heavy atom. The summed E-state index contributed by atoms with van der Waals surface area (Å²) < 4.78 is 90.1. The van der Waals surface area contributed by atoms with E-state index in [1.165, 1.54) is 7.05 Å². The molecule has 0 radical (unpaired) electrons. The Labute approximate surface area is 132 Å². The zero-order chi connectivity index (χ0) is 18.9. The lowest BCUT2D eigenvalue weighted by molar-refractivity contribution is -0.348. The summed E-state index contributed by atoms with van der Waals surface area (Å²) in [6.45, 7) is 1.83. The van der Waals surface area contributed by atoms with E-state index in [0.29, 0.717) is 12.1 Å². The number of nitrogens with zero attached hydrogens (tertiary/aromatic N) is 1. The lowest BCUT2D eigenvalue weighted by Crippen LogP contribution is -2.50. The van der Waals surface area contributed by atoms with E-state index in [4.69, 9.17) is 5.73 Å². The van der Waals surface area contributed by atoms with Crippen molar-refractivity contribution in [2.24, 2.45) is 0 Å². The van der Waals surface area contributed by atoms with Crippen molar-refractivity contribution in [1.82, 2.24) is 5.32 Å². The van der Waals surface area contributed by atoms with Gasteiger partial charge in [0.25, 0.3) is 0 Å².